The van der Waals surface area contributed by atoms with Crippen LogP contribution < -0.4 is 16.9 Å². The number of benzene rings is 1. The molecule has 0 N–H and O–H groups in total. The van der Waals surface area contributed by atoms with Crippen LogP contribution in [0.25, 0.3) is 0 Å². The van der Waals surface area contributed by atoms with Gasteiger partial charge in [0, 0.05) is 0 Å². The lowest BCUT2D eigenvalue weighted by molar-refractivity contribution is -0.00000370. The van der Waals surface area contributed by atoms with E-state index in [1.165, 1.54) is 43.5 Å². The standard InChI is InChI=1S/C15H26N.ClH/c1-5-6-7-8-13-16(3,4)15-11-9-14(2)10-12-15;/h9-12H,5-8,13H2,1-4H3;1H/q+1;/p-1. The first-order valence-corrected chi connectivity index (χ1v) is 6.46. The van der Waals surface area contributed by atoms with Gasteiger partial charge in [-0.1, -0.05) is 37.5 Å². The Morgan fingerprint density at radius 3 is 2.06 bits per heavy atom. The summed E-state index contributed by atoms with van der Waals surface area (Å²) in [5.41, 5.74) is 2.76. The third-order valence-corrected chi connectivity index (χ3v) is 3.30. The van der Waals surface area contributed by atoms with Crippen LogP contribution in [0.4, 0.5) is 5.69 Å². The molecule has 1 nitrogen and oxygen atoms in total. The van der Waals surface area contributed by atoms with Crippen molar-refractivity contribution in [1.29, 1.82) is 0 Å². The van der Waals surface area contributed by atoms with Gasteiger partial charge in [-0.25, -0.2) is 0 Å². The zero-order chi connectivity index (χ0) is 12.0. The predicted molar refractivity (Wildman–Crippen MR) is 73.8 cm³/mol. The van der Waals surface area contributed by atoms with E-state index in [9.17, 15) is 0 Å². The normalized spacial score (nSPS) is 11.1. The van der Waals surface area contributed by atoms with Crippen molar-refractivity contribution in [2.24, 2.45) is 0 Å². The summed E-state index contributed by atoms with van der Waals surface area (Å²) in [4.78, 5) is 0. The van der Waals surface area contributed by atoms with E-state index in [4.69, 9.17) is 0 Å². The van der Waals surface area contributed by atoms with Crippen molar-refractivity contribution in [3.05, 3.63) is 29.8 Å². The Hall–Kier alpha value is -0.530. The summed E-state index contributed by atoms with van der Waals surface area (Å²) >= 11 is 0. The summed E-state index contributed by atoms with van der Waals surface area (Å²) in [7, 11) is 4.60. The Bertz CT molecular complexity index is 303. The number of aryl methyl sites for hydroxylation is 1. The number of hydrogen-bond donors (Lipinski definition) is 0. The molecule has 0 radical (unpaired) electrons. The number of nitrogens with zero attached hydrogens (tertiary/aromatic N) is 1. The van der Waals surface area contributed by atoms with Gasteiger partial charge < -0.3 is 12.4 Å². The zero-order valence-electron chi connectivity index (χ0n) is 11.7. The minimum Gasteiger partial charge on any atom is -1.00 e. The van der Waals surface area contributed by atoms with Crippen molar-refractivity contribution < 1.29 is 12.4 Å². The molecular formula is C15H26ClN. The molecule has 0 heterocycles. The van der Waals surface area contributed by atoms with Crippen molar-refractivity contribution in [3.63, 3.8) is 0 Å². The van der Waals surface area contributed by atoms with Crippen LogP contribution in [0, 0.1) is 6.92 Å². The van der Waals surface area contributed by atoms with Gasteiger partial charge in [0.1, 0.15) is 5.69 Å². The molecule has 0 aliphatic carbocycles. The molecular weight excluding hydrogens is 230 g/mol. The van der Waals surface area contributed by atoms with Crippen molar-refractivity contribution >= 4 is 5.69 Å². The molecule has 0 fully saturated rings. The van der Waals surface area contributed by atoms with Crippen molar-refractivity contribution in [3.8, 4) is 0 Å². The van der Waals surface area contributed by atoms with Crippen LogP contribution in [-0.4, -0.2) is 20.6 Å². The summed E-state index contributed by atoms with van der Waals surface area (Å²) in [5, 5.41) is 0. The number of rotatable bonds is 6. The van der Waals surface area contributed by atoms with Crippen LogP contribution in [0.2, 0.25) is 0 Å². The maximum absolute atomic E-state index is 2.30. The quantitative estimate of drug-likeness (QED) is 0.529. The van der Waals surface area contributed by atoms with Gasteiger partial charge in [0.25, 0.3) is 0 Å². The lowest BCUT2D eigenvalue weighted by Crippen LogP contribution is -3.00. The molecule has 1 aromatic carbocycles. The number of hydrogen-bond acceptors (Lipinski definition) is 0. The molecule has 0 aliphatic rings. The van der Waals surface area contributed by atoms with E-state index in [-0.39, 0.29) is 12.4 Å². The molecule has 1 aromatic rings. The number of unbranched alkanes of at least 4 members (excludes halogenated alkanes) is 3. The highest BCUT2D eigenvalue weighted by molar-refractivity contribution is 5.42. The molecule has 17 heavy (non-hydrogen) atoms. The van der Waals surface area contributed by atoms with Crippen LogP contribution in [0.1, 0.15) is 38.2 Å². The van der Waals surface area contributed by atoms with Crippen LogP contribution in [0.3, 0.4) is 0 Å². The minimum atomic E-state index is 0. The smallest absolute Gasteiger partial charge is 0.132 e. The summed E-state index contributed by atoms with van der Waals surface area (Å²) < 4.78 is 1.00. The monoisotopic (exact) mass is 255 g/mol. The molecule has 0 bridgehead atoms. The van der Waals surface area contributed by atoms with Gasteiger partial charge in [0.15, 0.2) is 0 Å². The Kier molecular flexibility index (Phi) is 7.49. The van der Waals surface area contributed by atoms with E-state index < -0.39 is 0 Å². The first-order valence-electron chi connectivity index (χ1n) is 6.46. The van der Waals surface area contributed by atoms with Gasteiger partial charge in [0.05, 0.1) is 20.6 Å². The van der Waals surface area contributed by atoms with Crippen LogP contribution in [0.5, 0.6) is 0 Å². The van der Waals surface area contributed by atoms with E-state index >= 15 is 0 Å². The van der Waals surface area contributed by atoms with Gasteiger partial charge in [-0.2, -0.15) is 0 Å². The van der Waals surface area contributed by atoms with E-state index in [2.05, 4.69) is 52.2 Å². The third kappa shape index (κ3) is 5.56. The van der Waals surface area contributed by atoms with Crippen molar-refractivity contribution in [2.45, 2.75) is 39.5 Å². The highest BCUT2D eigenvalue weighted by Crippen LogP contribution is 2.20. The largest absolute Gasteiger partial charge is 1.00 e. The fourth-order valence-corrected chi connectivity index (χ4v) is 2.01. The van der Waals surface area contributed by atoms with Crippen LogP contribution >= 0.6 is 0 Å². The first-order chi connectivity index (χ1) is 7.56. The van der Waals surface area contributed by atoms with Crippen LogP contribution in [-0.2, 0) is 0 Å². The summed E-state index contributed by atoms with van der Waals surface area (Å²) in [6.07, 6.45) is 5.38. The summed E-state index contributed by atoms with van der Waals surface area (Å²) in [5.74, 6) is 0. The Morgan fingerprint density at radius 1 is 0.941 bits per heavy atom. The molecule has 0 aromatic heterocycles. The summed E-state index contributed by atoms with van der Waals surface area (Å²) in [6.45, 7) is 5.65. The lowest BCUT2D eigenvalue weighted by atomic mass is 10.1. The third-order valence-electron chi connectivity index (χ3n) is 3.30. The second-order valence-electron chi connectivity index (χ2n) is 5.30. The second kappa shape index (κ2) is 7.73. The van der Waals surface area contributed by atoms with Gasteiger partial charge in [-0.15, -0.1) is 0 Å². The molecule has 2 heteroatoms. The average molecular weight is 256 g/mol. The molecule has 98 valence electrons. The molecule has 0 amide bonds. The topological polar surface area (TPSA) is 0 Å². The SMILES string of the molecule is CCCCCC[N+](C)(C)c1ccc(C)cc1.[Cl-]. The minimum absolute atomic E-state index is 0. The predicted octanol–water partition coefficient (Wildman–Crippen LogP) is 1.15. The van der Waals surface area contributed by atoms with Gasteiger partial charge in [-0.05, 0) is 31.9 Å². The maximum Gasteiger partial charge on any atom is 0.132 e. The van der Waals surface area contributed by atoms with Crippen LogP contribution in [0.15, 0.2) is 24.3 Å². The Balaban J connectivity index is 0.00000256. The average Bonchev–Trinajstić information content (AvgIpc) is 2.25. The molecule has 1 rings (SSSR count). The van der Waals surface area contributed by atoms with Gasteiger partial charge in [-0.3, -0.25) is 4.48 Å². The molecule has 0 saturated heterocycles. The van der Waals surface area contributed by atoms with Crippen molar-refractivity contribution in [1.82, 2.24) is 4.48 Å². The fourth-order valence-electron chi connectivity index (χ4n) is 2.01. The maximum atomic E-state index is 2.30. The highest BCUT2D eigenvalue weighted by Gasteiger charge is 2.17. The molecule has 0 unspecified atom stereocenters. The highest BCUT2D eigenvalue weighted by atomic mass is 35.5. The van der Waals surface area contributed by atoms with E-state index in [0.29, 0.717) is 0 Å². The fraction of sp³-hybridized carbons (Fsp3) is 0.600. The molecule has 0 spiro atoms. The molecule has 0 aliphatic heterocycles. The number of halogens is 1. The molecule has 0 atom stereocenters. The Morgan fingerprint density at radius 2 is 1.53 bits per heavy atom. The van der Waals surface area contributed by atoms with Crippen molar-refractivity contribution in [2.75, 3.05) is 20.6 Å². The van der Waals surface area contributed by atoms with E-state index in [1.54, 1.807) is 0 Å². The lowest BCUT2D eigenvalue weighted by Gasteiger charge is -2.29. The van der Waals surface area contributed by atoms with E-state index in [1.807, 2.05) is 0 Å². The number of quaternary nitrogens is 1. The summed E-state index contributed by atoms with van der Waals surface area (Å²) in [6, 6.07) is 8.94. The van der Waals surface area contributed by atoms with Gasteiger partial charge in [0.2, 0.25) is 0 Å². The molecule has 0 saturated carbocycles. The van der Waals surface area contributed by atoms with Gasteiger partial charge >= 0.3 is 0 Å². The first kappa shape index (κ1) is 16.5. The Labute approximate surface area is 113 Å². The zero-order valence-corrected chi connectivity index (χ0v) is 12.4. The second-order valence-corrected chi connectivity index (χ2v) is 5.30. The van der Waals surface area contributed by atoms with E-state index in [0.717, 1.165) is 4.48 Å².